The number of piperidine rings is 1. The first kappa shape index (κ1) is 18.3. The maximum absolute atomic E-state index is 12.1. The molecule has 0 bridgehead atoms. The lowest BCUT2D eigenvalue weighted by atomic mass is 9.99. The predicted octanol–water partition coefficient (Wildman–Crippen LogP) is 1.47. The van der Waals surface area contributed by atoms with Crippen LogP contribution in [0, 0.1) is 5.92 Å². The number of hydrogen-bond acceptors (Lipinski definition) is 5. The van der Waals surface area contributed by atoms with Gasteiger partial charge in [-0.15, -0.1) is 0 Å². The Bertz CT molecular complexity index is 709. The van der Waals surface area contributed by atoms with E-state index in [0.717, 1.165) is 19.1 Å². The molecule has 2 rings (SSSR count). The molecule has 0 aromatic heterocycles. The summed E-state index contributed by atoms with van der Waals surface area (Å²) in [6.07, 6.45) is 2.94. The van der Waals surface area contributed by atoms with Crippen LogP contribution in [0.2, 0.25) is 0 Å². The van der Waals surface area contributed by atoms with Crippen molar-refractivity contribution < 1.29 is 22.7 Å². The Labute approximate surface area is 142 Å². The number of nitrogens with one attached hydrogen (secondary N) is 1. The molecule has 0 atom stereocenters. The molecule has 1 fully saturated rings. The number of carbonyl (C=O) groups excluding carboxylic acids is 2. The zero-order valence-electron chi connectivity index (χ0n) is 13.8. The Morgan fingerprint density at radius 2 is 1.96 bits per heavy atom. The van der Waals surface area contributed by atoms with Crippen molar-refractivity contribution in [1.29, 1.82) is 0 Å². The van der Waals surface area contributed by atoms with Crippen LogP contribution in [0.15, 0.2) is 24.3 Å². The van der Waals surface area contributed by atoms with Gasteiger partial charge in [-0.05, 0) is 37.0 Å². The van der Waals surface area contributed by atoms with Gasteiger partial charge >= 0.3 is 5.97 Å². The number of hydrogen-bond donors (Lipinski definition) is 1. The first-order valence-electron chi connectivity index (χ1n) is 7.77. The molecule has 24 heavy (non-hydrogen) atoms. The normalized spacial score (nSPS) is 15.8. The van der Waals surface area contributed by atoms with Gasteiger partial charge in [0, 0.05) is 18.8 Å². The number of sulfonamides is 1. The van der Waals surface area contributed by atoms with Crippen LogP contribution in [0.4, 0.5) is 5.69 Å². The second-order valence-corrected chi connectivity index (χ2v) is 7.84. The fourth-order valence-corrected chi connectivity index (χ4v) is 3.04. The molecule has 1 N–H and O–H groups in total. The minimum absolute atomic E-state index is 0.184. The van der Waals surface area contributed by atoms with Crippen LogP contribution < -0.4 is 4.72 Å². The average Bonchev–Trinajstić information content (AvgIpc) is 2.51. The quantitative estimate of drug-likeness (QED) is 0.809. The molecule has 1 saturated heterocycles. The molecule has 1 aliphatic rings. The zero-order valence-corrected chi connectivity index (χ0v) is 14.6. The monoisotopic (exact) mass is 354 g/mol. The molecule has 1 heterocycles. The number of esters is 1. The molecule has 0 spiro atoms. The summed E-state index contributed by atoms with van der Waals surface area (Å²) in [6, 6.07) is 5.94. The molecule has 132 valence electrons. The minimum Gasteiger partial charge on any atom is -0.452 e. The number of benzene rings is 1. The molecule has 1 amide bonds. The fourth-order valence-electron chi connectivity index (χ4n) is 2.48. The molecule has 0 saturated carbocycles. The molecule has 7 nitrogen and oxygen atoms in total. The maximum atomic E-state index is 12.1. The van der Waals surface area contributed by atoms with Crippen LogP contribution in [-0.4, -0.2) is 51.1 Å². The number of anilines is 1. The Morgan fingerprint density at radius 1 is 1.29 bits per heavy atom. The van der Waals surface area contributed by atoms with Crippen molar-refractivity contribution in [2.75, 3.05) is 30.7 Å². The summed E-state index contributed by atoms with van der Waals surface area (Å²) in [6.45, 7) is 3.22. The molecular weight excluding hydrogens is 332 g/mol. The number of ether oxygens (including phenoxy) is 1. The summed E-state index contributed by atoms with van der Waals surface area (Å²) < 4.78 is 29.8. The predicted molar refractivity (Wildman–Crippen MR) is 90.2 cm³/mol. The summed E-state index contributed by atoms with van der Waals surface area (Å²) in [5.74, 6) is -0.256. The molecule has 0 aliphatic carbocycles. The highest BCUT2D eigenvalue weighted by atomic mass is 32.2. The van der Waals surface area contributed by atoms with Crippen molar-refractivity contribution in [2.45, 2.75) is 19.8 Å². The van der Waals surface area contributed by atoms with Gasteiger partial charge in [-0.25, -0.2) is 13.2 Å². The number of amides is 1. The third-order valence-corrected chi connectivity index (χ3v) is 4.47. The van der Waals surface area contributed by atoms with E-state index in [2.05, 4.69) is 11.6 Å². The summed E-state index contributed by atoms with van der Waals surface area (Å²) >= 11 is 0. The van der Waals surface area contributed by atoms with E-state index in [1.165, 1.54) is 24.3 Å². The van der Waals surface area contributed by atoms with Gasteiger partial charge in [-0.3, -0.25) is 9.52 Å². The maximum Gasteiger partial charge on any atom is 0.338 e. The molecular formula is C16H22N2O5S. The topological polar surface area (TPSA) is 92.8 Å². The van der Waals surface area contributed by atoms with E-state index in [-0.39, 0.29) is 23.8 Å². The van der Waals surface area contributed by atoms with Crippen LogP contribution in [0.25, 0.3) is 0 Å². The van der Waals surface area contributed by atoms with E-state index in [1.54, 1.807) is 4.90 Å². The number of carbonyl (C=O) groups is 2. The van der Waals surface area contributed by atoms with Crippen molar-refractivity contribution >= 4 is 27.6 Å². The lowest BCUT2D eigenvalue weighted by Gasteiger charge is -2.30. The first-order chi connectivity index (χ1) is 11.2. The molecule has 1 aromatic carbocycles. The minimum atomic E-state index is -3.43. The Kier molecular flexibility index (Phi) is 5.82. The van der Waals surface area contributed by atoms with Gasteiger partial charge in [0.15, 0.2) is 6.61 Å². The van der Waals surface area contributed by atoms with E-state index in [9.17, 15) is 18.0 Å². The summed E-state index contributed by atoms with van der Waals surface area (Å²) in [7, 11) is -3.43. The van der Waals surface area contributed by atoms with Crippen molar-refractivity contribution in [1.82, 2.24) is 4.90 Å². The van der Waals surface area contributed by atoms with E-state index in [1.807, 2.05) is 0 Å². The smallest absolute Gasteiger partial charge is 0.338 e. The van der Waals surface area contributed by atoms with Crippen molar-refractivity contribution in [3.05, 3.63) is 29.8 Å². The van der Waals surface area contributed by atoms with Gasteiger partial charge < -0.3 is 9.64 Å². The van der Waals surface area contributed by atoms with E-state index in [4.69, 9.17) is 4.74 Å². The van der Waals surface area contributed by atoms with Gasteiger partial charge in [0.25, 0.3) is 5.91 Å². The second kappa shape index (κ2) is 7.65. The number of nitrogens with zero attached hydrogens (tertiary/aromatic N) is 1. The van der Waals surface area contributed by atoms with Crippen molar-refractivity contribution in [3.63, 3.8) is 0 Å². The molecule has 1 aliphatic heterocycles. The lowest BCUT2D eigenvalue weighted by molar-refractivity contribution is -0.135. The van der Waals surface area contributed by atoms with Crippen LogP contribution in [0.1, 0.15) is 30.1 Å². The van der Waals surface area contributed by atoms with Crippen molar-refractivity contribution in [2.24, 2.45) is 5.92 Å². The zero-order chi connectivity index (χ0) is 17.7. The van der Waals surface area contributed by atoms with Gasteiger partial charge in [-0.2, -0.15) is 0 Å². The number of rotatable bonds is 5. The fraction of sp³-hybridized carbons (Fsp3) is 0.500. The highest BCUT2D eigenvalue weighted by molar-refractivity contribution is 7.92. The molecule has 8 heteroatoms. The van der Waals surface area contributed by atoms with E-state index in [0.29, 0.717) is 19.0 Å². The van der Waals surface area contributed by atoms with Gasteiger partial charge in [0.2, 0.25) is 10.0 Å². The summed E-state index contributed by atoms with van der Waals surface area (Å²) in [4.78, 5) is 25.8. The highest BCUT2D eigenvalue weighted by Gasteiger charge is 2.21. The molecule has 0 radical (unpaired) electrons. The van der Waals surface area contributed by atoms with Gasteiger partial charge in [0.1, 0.15) is 0 Å². The first-order valence-corrected chi connectivity index (χ1v) is 9.66. The molecule has 1 aromatic rings. The van der Waals surface area contributed by atoms with Crippen molar-refractivity contribution in [3.8, 4) is 0 Å². The largest absolute Gasteiger partial charge is 0.452 e. The summed E-state index contributed by atoms with van der Waals surface area (Å²) in [5.41, 5.74) is 0.451. The standard InChI is InChI=1S/C16H22N2O5S/c1-12-6-8-18(9-7-12)15(19)11-23-16(20)13-4-3-5-14(10-13)17-24(2,21)22/h3-5,10,12,17H,6-9,11H2,1-2H3. The Balaban J connectivity index is 1.90. The van der Waals surface area contributed by atoms with E-state index >= 15 is 0 Å². The van der Waals surface area contributed by atoms with Crippen LogP contribution in [0.5, 0.6) is 0 Å². The van der Waals surface area contributed by atoms with Crippen LogP contribution in [-0.2, 0) is 19.6 Å². The van der Waals surface area contributed by atoms with Gasteiger partial charge in [-0.1, -0.05) is 13.0 Å². The van der Waals surface area contributed by atoms with Gasteiger partial charge in [0.05, 0.1) is 11.8 Å². The molecule has 0 unspecified atom stereocenters. The third-order valence-electron chi connectivity index (χ3n) is 3.86. The lowest BCUT2D eigenvalue weighted by Crippen LogP contribution is -2.40. The van der Waals surface area contributed by atoms with E-state index < -0.39 is 16.0 Å². The average molecular weight is 354 g/mol. The highest BCUT2D eigenvalue weighted by Crippen LogP contribution is 2.16. The summed E-state index contributed by atoms with van der Waals surface area (Å²) in [5, 5.41) is 0. The van der Waals surface area contributed by atoms with Crippen LogP contribution in [0.3, 0.4) is 0 Å². The Hall–Kier alpha value is -2.09. The third kappa shape index (κ3) is 5.52. The second-order valence-electron chi connectivity index (χ2n) is 6.09. The number of likely N-dealkylation sites (tertiary alicyclic amines) is 1. The van der Waals surface area contributed by atoms with Crippen LogP contribution >= 0.6 is 0 Å². The SMILES string of the molecule is CC1CCN(C(=O)COC(=O)c2cccc(NS(C)(=O)=O)c2)CC1. The Morgan fingerprint density at radius 3 is 2.58 bits per heavy atom.